The lowest BCUT2D eigenvalue weighted by molar-refractivity contribution is -0.411. The molecule has 0 amide bonds. The Balaban J connectivity index is 3.46. The predicted octanol–water partition coefficient (Wildman–Crippen LogP) is 0.0419. The minimum atomic E-state index is 0.710. The maximum absolute atomic E-state index is 9.57. The average Bonchev–Trinajstić information content (AvgIpc) is 1.61. The van der Waals surface area contributed by atoms with Crippen molar-refractivity contribution < 1.29 is 9.37 Å². The second-order valence-corrected chi connectivity index (χ2v) is 1.23. The zero-order valence-corrected chi connectivity index (χ0v) is 4.29. The molecule has 7 heavy (non-hydrogen) atoms. The van der Waals surface area contributed by atoms with Crippen LogP contribution >= 0.6 is 0 Å². The summed E-state index contributed by atoms with van der Waals surface area (Å²) < 4.78 is 1.55. The molecule has 0 heterocycles. The van der Waals surface area contributed by atoms with E-state index in [1.165, 1.54) is 6.08 Å². The second-order valence-electron chi connectivity index (χ2n) is 1.23. The van der Waals surface area contributed by atoms with Gasteiger partial charge in [0.2, 0.25) is 0 Å². The van der Waals surface area contributed by atoms with Gasteiger partial charge in [0.05, 0.1) is 0 Å². The third kappa shape index (κ3) is 5.08. The molecular formula is C5H8NO+. The highest BCUT2D eigenvalue weighted by molar-refractivity contribution is 5.64. The molecular weight excluding hydrogens is 90.1 g/mol. The summed E-state index contributed by atoms with van der Waals surface area (Å²) in [6.45, 7) is 3.46. The summed E-state index contributed by atoms with van der Waals surface area (Å²) in [6, 6.07) is 0. The van der Waals surface area contributed by atoms with Crippen LogP contribution in [0.3, 0.4) is 0 Å². The van der Waals surface area contributed by atoms with Gasteiger partial charge in [-0.2, -0.15) is 0 Å². The molecule has 0 aliphatic rings. The summed E-state index contributed by atoms with van der Waals surface area (Å²) in [7, 11) is 1.75. The molecule has 0 bridgehead atoms. The van der Waals surface area contributed by atoms with Gasteiger partial charge >= 0.3 is 0 Å². The van der Waals surface area contributed by atoms with E-state index in [0.29, 0.717) is 6.29 Å². The van der Waals surface area contributed by atoms with Gasteiger partial charge in [-0.1, -0.05) is 0 Å². The van der Waals surface area contributed by atoms with E-state index in [2.05, 4.69) is 6.72 Å². The van der Waals surface area contributed by atoms with Crippen LogP contribution in [-0.2, 0) is 4.79 Å². The van der Waals surface area contributed by atoms with Gasteiger partial charge in [0.1, 0.15) is 20.1 Å². The highest BCUT2D eigenvalue weighted by Gasteiger charge is 1.72. The highest BCUT2D eigenvalue weighted by atomic mass is 16.1. The van der Waals surface area contributed by atoms with Gasteiger partial charge in [-0.05, 0) is 0 Å². The minimum Gasteiger partial charge on any atom is -0.298 e. The lowest BCUT2D eigenvalue weighted by Crippen LogP contribution is -1.87. The van der Waals surface area contributed by atoms with Crippen LogP contribution in [0.1, 0.15) is 0 Å². The fourth-order valence-corrected chi connectivity index (χ4v) is 0.182. The summed E-state index contributed by atoms with van der Waals surface area (Å²) in [5, 5.41) is 0. The van der Waals surface area contributed by atoms with Crippen molar-refractivity contribution >= 4 is 13.0 Å². The average molecular weight is 98.1 g/mol. The molecule has 0 unspecified atom stereocenters. The van der Waals surface area contributed by atoms with E-state index in [1.807, 2.05) is 0 Å². The highest BCUT2D eigenvalue weighted by Crippen LogP contribution is 1.62. The minimum absolute atomic E-state index is 0.710. The van der Waals surface area contributed by atoms with Crippen LogP contribution in [0.15, 0.2) is 12.3 Å². The first-order valence-corrected chi connectivity index (χ1v) is 1.92. The number of aldehydes is 1. The molecule has 0 atom stereocenters. The normalized spacial score (nSPS) is 9.29. The summed E-state index contributed by atoms with van der Waals surface area (Å²) in [5.74, 6) is 0. The smallest absolute Gasteiger partial charge is 0.171 e. The Bertz CT molecular complexity index is 105. The topological polar surface area (TPSA) is 20.1 Å². The summed E-state index contributed by atoms with van der Waals surface area (Å²) in [4.78, 5) is 9.57. The molecule has 0 aliphatic carbocycles. The molecule has 0 rings (SSSR count). The van der Waals surface area contributed by atoms with E-state index < -0.39 is 0 Å². The number of allylic oxidation sites excluding steroid dienone is 1. The SMILES string of the molecule is C=[N+](C)/C=C/C=O. The first-order chi connectivity index (χ1) is 3.27. The summed E-state index contributed by atoms with van der Waals surface area (Å²) >= 11 is 0. The quantitative estimate of drug-likeness (QED) is 0.207. The van der Waals surface area contributed by atoms with Crippen molar-refractivity contribution in [3.8, 4) is 0 Å². The Kier molecular flexibility index (Phi) is 2.85. The van der Waals surface area contributed by atoms with Crippen molar-refractivity contribution in [2.75, 3.05) is 7.05 Å². The Labute approximate surface area is 42.8 Å². The van der Waals surface area contributed by atoms with Crippen molar-refractivity contribution in [2.24, 2.45) is 0 Å². The van der Waals surface area contributed by atoms with Crippen molar-refractivity contribution in [3.05, 3.63) is 12.3 Å². The molecule has 0 aromatic carbocycles. The molecule has 0 aliphatic heterocycles. The predicted molar refractivity (Wildman–Crippen MR) is 28.5 cm³/mol. The van der Waals surface area contributed by atoms with Crippen LogP contribution in [-0.4, -0.2) is 24.6 Å². The fraction of sp³-hybridized carbons (Fsp3) is 0.200. The Hall–Kier alpha value is -0.920. The molecule has 0 radical (unpaired) electrons. The second kappa shape index (κ2) is 3.28. The van der Waals surface area contributed by atoms with Gasteiger partial charge in [0, 0.05) is 6.08 Å². The first-order valence-electron chi connectivity index (χ1n) is 1.92. The van der Waals surface area contributed by atoms with Crippen LogP contribution in [0.2, 0.25) is 0 Å². The van der Waals surface area contributed by atoms with E-state index >= 15 is 0 Å². The third-order valence-corrected chi connectivity index (χ3v) is 0.419. The van der Waals surface area contributed by atoms with Crippen LogP contribution in [0.4, 0.5) is 0 Å². The number of nitrogens with zero attached hydrogens (tertiary/aromatic N) is 1. The zero-order chi connectivity index (χ0) is 5.70. The molecule has 0 N–H and O–H groups in total. The molecule has 0 saturated heterocycles. The van der Waals surface area contributed by atoms with E-state index in [0.717, 1.165) is 0 Å². The van der Waals surface area contributed by atoms with Crippen molar-refractivity contribution in [3.63, 3.8) is 0 Å². The first kappa shape index (κ1) is 6.08. The largest absolute Gasteiger partial charge is 0.298 e. The maximum atomic E-state index is 9.57. The molecule has 0 saturated carbocycles. The van der Waals surface area contributed by atoms with Gasteiger partial charge in [0.15, 0.2) is 6.20 Å². The maximum Gasteiger partial charge on any atom is 0.171 e. The van der Waals surface area contributed by atoms with Gasteiger partial charge in [-0.15, -0.1) is 0 Å². The number of carbonyl (C=O) groups is 1. The number of hydrogen-bond acceptors (Lipinski definition) is 1. The monoisotopic (exact) mass is 98.1 g/mol. The van der Waals surface area contributed by atoms with Crippen LogP contribution in [0.25, 0.3) is 0 Å². The third-order valence-electron chi connectivity index (χ3n) is 0.419. The van der Waals surface area contributed by atoms with Crippen molar-refractivity contribution in [1.29, 1.82) is 0 Å². The van der Waals surface area contributed by atoms with Gasteiger partial charge < -0.3 is 0 Å². The number of hydrogen-bond donors (Lipinski definition) is 0. The Morgan fingerprint density at radius 3 is 2.43 bits per heavy atom. The Morgan fingerprint density at radius 2 is 2.29 bits per heavy atom. The lowest BCUT2D eigenvalue weighted by Gasteiger charge is -1.72. The van der Waals surface area contributed by atoms with E-state index in [-0.39, 0.29) is 0 Å². The summed E-state index contributed by atoms with van der Waals surface area (Å²) in [5.41, 5.74) is 0. The molecule has 0 fully saturated rings. The van der Waals surface area contributed by atoms with Crippen molar-refractivity contribution in [2.45, 2.75) is 0 Å². The van der Waals surface area contributed by atoms with Crippen LogP contribution in [0.5, 0.6) is 0 Å². The molecule has 0 spiro atoms. The van der Waals surface area contributed by atoms with E-state index in [4.69, 9.17) is 0 Å². The Morgan fingerprint density at radius 1 is 1.71 bits per heavy atom. The van der Waals surface area contributed by atoms with Crippen molar-refractivity contribution in [1.82, 2.24) is 0 Å². The molecule has 0 aromatic heterocycles. The number of rotatable bonds is 2. The van der Waals surface area contributed by atoms with Gasteiger partial charge in [-0.3, -0.25) is 4.79 Å². The number of carbonyl (C=O) groups excluding carboxylic acids is 1. The van der Waals surface area contributed by atoms with E-state index in [1.54, 1.807) is 17.8 Å². The molecule has 2 heteroatoms. The van der Waals surface area contributed by atoms with E-state index in [9.17, 15) is 4.79 Å². The van der Waals surface area contributed by atoms with Gasteiger partial charge in [0.25, 0.3) is 0 Å². The zero-order valence-electron chi connectivity index (χ0n) is 4.29. The standard InChI is InChI=1S/C5H8NO/c1-6(2)4-3-5-7/h3-5H,1H2,2H3/q+1/b4-3+. The summed E-state index contributed by atoms with van der Waals surface area (Å²) in [6.07, 6.45) is 3.67. The molecule has 2 nitrogen and oxygen atoms in total. The fourth-order valence-electron chi connectivity index (χ4n) is 0.182. The lowest BCUT2D eigenvalue weighted by atomic mass is 10.7. The van der Waals surface area contributed by atoms with Crippen LogP contribution < -0.4 is 0 Å². The van der Waals surface area contributed by atoms with Crippen LogP contribution in [0, 0.1) is 0 Å². The van der Waals surface area contributed by atoms with Gasteiger partial charge in [-0.25, -0.2) is 4.58 Å². The molecule has 0 aromatic rings. The molecule has 38 valence electrons.